The summed E-state index contributed by atoms with van der Waals surface area (Å²) in [5, 5.41) is 5.26. The lowest BCUT2D eigenvalue weighted by Gasteiger charge is -2.22. The first-order valence-electron chi connectivity index (χ1n) is 5.22. The van der Waals surface area contributed by atoms with Gasteiger partial charge in [-0.05, 0) is 0 Å². The van der Waals surface area contributed by atoms with E-state index in [1.807, 2.05) is 0 Å². The number of nitrogens with one attached hydrogen (secondary N) is 2. The van der Waals surface area contributed by atoms with Crippen molar-refractivity contribution in [1.29, 1.82) is 0 Å². The summed E-state index contributed by atoms with van der Waals surface area (Å²) in [6.07, 6.45) is 0. The highest BCUT2D eigenvalue weighted by molar-refractivity contribution is 7.80. The summed E-state index contributed by atoms with van der Waals surface area (Å²) in [7, 11) is 0. The van der Waals surface area contributed by atoms with Crippen LogP contribution < -0.4 is 16.4 Å². The third-order valence-electron chi connectivity index (χ3n) is 1.93. The molecular weight excluding hydrogens is 226 g/mol. The largest absolute Gasteiger partial charge is 0.353 e. The molecule has 1 atom stereocenters. The first-order chi connectivity index (χ1) is 7.32. The van der Waals surface area contributed by atoms with Crippen molar-refractivity contribution >= 4 is 24.4 Å². The summed E-state index contributed by atoms with van der Waals surface area (Å²) < 4.78 is 0. The Bertz CT molecular complexity index is 251. The van der Waals surface area contributed by atoms with E-state index in [-0.39, 0.29) is 17.6 Å². The van der Waals surface area contributed by atoms with Gasteiger partial charge in [-0.1, -0.05) is 20.8 Å². The molecule has 0 rings (SSSR count). The fourth-order valence-corrected chi connectivity index (χ4v) is 1.14. The monoisotopic (exact) mass is 247 g/mol. The minimum absolute atomic E-state index is 0.172. The van der Waals surface area contributed by atoms with Crippen molar-refractivity contribution in [3.05, 3.63) is 0 Å². The van der Waals surface area contributed by atoms with Gasteiger partial charge in [0.15, 0.2) is 0 Å². The second-order valence-corrected chi connectivity index (χ2v) is 4.90. The molecule has 16 heavy (non-hydrogen) atoms. The van der Waals surface area contributed by atoms with Crippen LogP contribution in [-0.2, 0) is 9.59 Å². The fraction of sp³-hybridized carbons (Fsp3) is 0.800. The van der Waals surface area contributed by atoms with Crippen LogP contribution in [0.15, 0.2) is 0 Å². The highest BCUT2D eigenvalue weighted by Crippen LogP contribution is 2.12. The Balaban J connectivity index is 4.30. The topological polar surface area (TPSA) is 84.2 Å². The molecule has 0 saturated heterocycles. The van der Waals surface area contributed by atoms with Crippen LogP contribution in [0.1, 0.15) is 20.8 Å². The molecule has 0 aliphatic carbocycles. The number of rotatable bonds is 5. The van der Waals surface area contributed by atoms with Crippen molar-refractivity contribution in [2.75, 3.05) is 18.8 Å². The summed E-state index contributed by atoms with van der Waals surface area (Å²) in [6, 6.07) is -0.610. The van der Waals surface area contributed by atoms with Crippen molar-refractivity contribution in [2.45, 2.75) is 26.8 Å². The van der Waals surface area contributed by atoms with Gasteiger partial charge in [0.25, 0.3) is 0 Å². The maximum Gasteiger partial charge on any atom is 0.243 e. The Morgan fingerprint density at radius 1 is 1.38 bits per heavy atom. The molecule has 94 valence electrons. The molecular formula is C10H21N3O2S. The van der Waals surface area contributed by atoms with Crippen LogP contribution in [0.25, 0.3) is 0 Å². The van der Waals surface area contributed by atoms with E-state index in [0.717, 1.165) is 0 Å². The molecule has 1 unspecified atom stereocenters. The maximum absolute atomic E-state index is 11.7. The zero-order chi connectivity index (χ0) is 12.8. The van der Waals surface area contributed by atoms with Gasteiger partial charge in [0, 0.05) is 24.3 Å². The van der Waals surface area contributed by atoms with Crippen LogP contribution in [0.5, 0.6) is 0 Å². The summed E-state index contributed by atoms with van der Waals surface area (Å²) in [6.45, 7) is 6.13. The van der Waals surface area contributed by atoms with Gasteiger partial charge >= 0.3 is 0 Å². The Labute approximate surface area is 102 Å². The molecule has 0 aromatic heterocycles. The maximum atomic E-state index is 11.7. The van der Waals surface area contributed by atoms with Gasteiger partial charge in [-0.15, -0.1) is 0 Å². The number of hydrogen-bond donors (Lipinski definition) is 4. The van der Waals surface area contributed by atoms with Gasteiger partial charge < -0.3 is 16.4 Å². The normalized spacial score (nSPS) is 13.1. The molecule has 0 saturated carbocycles. The van der Waals surface area contributed by atoms with Crippen LogP contribution in [-0.4, -0.2) is 36.7 Å². The molecule has 5 nitrogen and oxygen atoms in total. The molecule has 0 aromatic carbocycles. The van der Waals surface area contributed by atoms with Crippen molar-refractivity contribution in [3.63, 3.8) is 0 Å². The molecule has 0 bridgehead atoms. The lowest BCUT2D eigenvalue weighted by atomic mass is 9.95. The Morgan fingerprint density at radius 2 is 1.94 bits per heavy atom. The molecule has 0 radical (unpaired) electrons. The van der Waals surface area contributed by atoms with Crippen molar-refractivity contribution in [2.24, 2.45) is 11.1 Å². The average Bonchev–Trinajstić information content (AvgIpc) is 2.20. The second-order valence-electron chi connectivity index (χ2n) is 4.54. The van der Waals surface area contributed by atoms with Crippen molar-refractivity contribution < 1.29 is 9.59 Å². The van der Waals surface area contributed by atoms with E-state index in [2.05, 4.69) is 23.3 Å². The van der Waals surface area contributed by atoms with Crippen LogP contribution in [0.3, 0.4) is 0 Å². The highest BCUT2D eigenvalue weighted by atomic mass is 32.1. The Kier molecular flexibility index (Phi) is 6.43. The molecule has 0 aliphatic rings. The van der Waals surface area contributed by atoms with E-state index in [1.165, 1.54) is 0 Å². The summed E-state index contributed by atoms with van der Waals surface area (Å²) in [4.78, 5) is 23.2. The summed E-state index contributed by atoms with van der Waals surface area (Å²) in [5.74, 6) is -0.161. The van der Waals surface area contributed by atoms with Gasteiger partial charge in [-0.3, -0.25) is 9.59 Å². The van der Waals surface area contributed by atoms with Gasteiger partial charge in [0.2, 0.25) is 11.8 Å². The zero-order valence-electron chi connectivity index (χ0n) is 10.0. The van der Waals surface area contributed by atoms with E-state index in [1.54, 1.807) is 20.8 Å². The number of thiol groups is 1. The van der Waals surface area contributed by atoms with Crippen LogP contribution >= 0.6 is 12.6 Å². The third kappa shape index (κ3) is 5.37. The third-order valence-corrected chi connectivity index (χ3v) is 2.29. The predicted octanol–water partition coefficient (Wildman–Crippen LogP) is -0.478. The molecule has 0 fully saturated rings. The zero-order valence-corrected chi connectivity index (χ0v) is 10.9. The molecule has 0 aromatic rings. The SMILES string of the molecule is CC(C)(C)C(=O)NC(CS)C(=O)NCCN. The Hall–Kier alpha value is -0.750. The van der Waals surface area contributed by atoms with Crippen LogP contribution in [0.2, 0.25) is 0 Å². The van der Waals surface area contributed by atoms with E-state index in [9.17, 15) is 9.59 Å². The number of carbonyl (C=O) groups excluding carboxylic acids is 2. The lowest BCUT2D eigenvalue weighted by molar-refractivity contribution is -0.133. The highest BCUT2D eigenvalue weighted by Gasteiger charge is 2.26. The summed E-state index contributed by atoms with van der Waals surface area (Å²) in [5.41, 5.74) is 4.75. The van der Waals surface area contributed by atoms with Crippen LogP contribution in [0, 0.1) is 5.41 Å². The van der Waals surface area contributed by atoms with Crippen LogP contribution in [0.4, 0.5) is 0 Å². The molecule has 0 heterocycles. The molecule has 0 aliphatic heterocycles. The molecule has 6 heteroatoms. The second kappa shape index (κ2) is 6.75. The van der Waals surface area contributed by atoms with Crippen molar-refractivity contribution in [1.82, 2.24) is 10.6 Å². The first-order valence-corrected chi connectivity index (χ1v) is 5.85. The molecule has 2 amide bonds. The van der Waals surface area contributed by atoms with Gasteiger partial charge in [-0.25, -0.2) is 0 Å². The van der Waals surface area contributed by atoms with E-state index < -0.39 is 11.5 Å². The average molecular weight is 247 g/mol. The van der Waals surface area contributed by atoms with Crippen molar-refractivity contribution in [3.8, 4) is 0 Å². The number of amides is 2. The standard InChI is InChI=1S/C10H21N3O2S/c1-10(2,3)9(15)13-7(6-16)8(14)12-5-4-11/h7,16H,4-6,11H2,1-3H3,(H,12,14)(H,13,15). The smallest absolute Gasteiger partial charge is 0.243 e. The van der Waals surface area contributed by atoms with Gasteiger partial charge in [0.1, 0.15) is 6.04 Å². The number of hydrogen-bond acceptors (Lipinski definition) is 4. The lowest BCUT2D eigenvalue weighted by Crippen LogP contribution is -2.51. The quantitative estimate of drug-likeness (QED) is 0.495. The van der Waals surface area contributed by atoms with Gasteiger partial charge in [-0.2, -0.15) is 12.6 Å². The van der Waals surface area contributed by atoms with E-state index in [4.69, 9.17) is 5.73 Å². The number of nitrogens with two attached hydrogens (primary N) is 1. The van der Waals surface area contributed by atoms with Gasteiger partial charge in [0.05, 0.1) is 0 Å². The predicted molar refractivity (Wildman–Crippen MR) is 67.3 cm³/mol. The van der Waals surface area contributed by atoms with E-state index >= 15 is 0 Å². The molecule has 4 N–H and O–H groups in total. The molecule has 0 spiro atoms. The fourth-order valence-electron chi connectivity index (χ4n) is 0.887. The first kappa shape index (κ1) is 15.2. The van der Waals surface area contributed by atoms with E-state index in [0.29, 0.717) is 13.1 Å². The minimum atomic E-state index is -0.610. The minimum Gasteiger partial charge on any atom is -0.353 e. The number of carbonyl (C=O) groups is 2. The Morgan fingerprint density at radius 3 is 2.31 bits per heavy atom. The summed E-state index contributed by atoms with van der Waals surface area (Å²) >= 11 is 4.04.